The lowest BCUT2D eigenvalue weighted by atomic mass is 9.73. The topological polar surface area (TPSA) is 249 Å². The van der Waals surface area contributed by atoms with E-state index >= 15 is 0 Å². The number of piperidine rings is 1. The Kier molecular flexibility index (Phi) is 9.32. The molecule has 1 amide bonds. The molecule has 0 unspecified atom stereocenters. The first-order valence-corrected chi connectivity index (χ1v) is 15.1. The summed E-state index contributed by atoms with van der Waals surface area (Å²) >= 11 is 0. The Morgan fingerprint density at radius 1 is 0.891 bits per heavy atom. The highest BCUT2D eigenvalue weighted by Crippen LogP contribution is 2.49. The second-order valence-corrected chi connectivity index (χ2v) is 12.2. The number of aliphatic hydroxyl groups is 8. The first kappa shape index (κ1) is 33.0. The van der Waals surface area contributed by atoms with Crippen LogP contribution in [0.3, 0.4) is 0 Å². The molecule has 9 N–H and O–H groups in total. The highest BCUT2D eigenvalue weighted by molar-refractivity contribution is 5.95. The molecule has 3 fully saturated rings. The van der Waals surface area contributed by atoms with E-state index in [4.69, 9.17) is 23.7 Å². The van der Waals surface area contributed by atoms with E-state index in [-0.39, 0.29) is 17.4 Å². The van der Waals surface area contributed by atoms with Crippen LogP contribution < -0.4 is 4.74 Å². The first-order chi connectivity index (χ1) is 22.0. The number of benzene rings is 1. The zero-order valence-corrected chi connectivity index (χ0v) is 24.6. The summed E-state index contributed by atoms with van der Waals surface area (Å²) in [7, 11) is 0. The van der Waals surface area contributed by atoms with Crippen LogP contribution in [0, 0.1) is 11.8 Å². The minimum absolute atomic E-state index is 0.116. The number of ether oxygens (including phenoxy) is 5. The Balaban J connectivity index is 1.25. The molecular weight excluding hydrogens is 614 g/mol. The SMILES string of the molecule is C=C[C@H]1[C@H](O[C@@H]2O[C@H](CO)[C@@H](O)[C@H](O)[C@H]2O)OC=C2C(=O)N3CCc4cc(O)c(O[C@@H]5O[C@H](CO)[C@@H](O)[C@H](O)[C@H]5O)cc4[C@H]3C[C@H]21. The van der Waals surface area contributed by atoms with Crippen LogP contribution in [0.4, 0.5) is 0 Å². The van der Waals surface area contributed by atoms with E-state index in [9.17, 15) is 50.8 Å². The number of hydrogen-bond donors (Lipinski definition) is 9. The third-order valence-electron chi connectivity index (χ3n) is 9.55. The molecule has 1 aromatic rings. The molecule has 1 aromatic carbocycles. The molecule has 16 nitrogen and oxygen atoms in total. The van der Waals surface area contributed by atoms with Crippen molar-refractivity contribution in [3.05, 3.63) is 47.7 Å². The predicted molar refractivity (Wildman–Crippen MR) is 150 cm³/mol. The second kappa shape index (κ2) is 13.0. The fraction of sp³-hybridized carbons (Fsp3) is 0.633. The molecule has 0 aliphatic carbocycles. The van der Waals surface area contributed by atoms with Crippen molar-refractivity contribution in [3.8, 4) is 11.5 Å². The molecule has 5 aliphatic heterocycles. The van der Waals surface area contributed by atoms with E-state index in [1.807, 2.05) is 0 Å². The van der Waals surface area contributed by atoms with E-state index in [0.717, 1.165) is 5.56 Å². The number of carbonyl (C=O) groups is 1. The van der Waals surface area contributed by atoms with Crippen molar-refractivity contribution in [1.82, 2.24) is 4.90 Å². The van der Waals surface area contributed by atoms with Gasteiger partial charge in [-0.1, -0.05) is 6.08 Å². The van der Waals surface area contributed by atoms with Gasteiger partial charge >= 0.3 is 0 Å². The van der Waals surface area contributed by atoms with Crippen molar-refractivity contribution in [2.75, 3.05) is 19.8 Å². The molecule has 0 bridgehead atoms. The number of nitrogens with zero attached hydrogens (tertiary/aromatic N) is 1. The standard InChI is InChI=1S/C30H39NO15/c1-2-12-14-6-16-13-7-18(43-29-25(39)23(37)21(35)19(8-32)44-29)17(34)5-11(13)3-4-31(16)27(41)15(14)10-42-28(12)46-30-26(40)24(38)22(36)20(9-33)45-30/h2,5,7,10,12,14,16,19-26,28-30,32-40H,1,3-4,6,8-9H2/t12-,14+,16-,19-,20-,21-,22-,23+,24+,25-,26-,28+,29-,30+/m1/s1. The van der Waals surface area contributed by atoms with Gasteiger partial charge in [0.25, 0.3) is 5.91 Å². The van der Waals surface area contributed by atoms with E-state index in [0.29, 0.717) is 30.5 Å². The van der Waals surface area contributed by atoms with E-state index in [1.54, 1.807) is 11.0 Å². The van der Waals surface area contributed by atoms with Crippen LogP contribution in [-0.4, -0.2) is 144 Å². The molecule has 0 saturated carbocycles. The molecule has 254 valence electrons. The number of amides is 1. The molecule has 3 saturated heterocycles. The number of rotatable bonds is 7. The number of aromatic hydroxyl groups is 1. The van der Waals surface area contributed by atoms with Gasteiger partial charge in [-0.25, -0.2) is 0 Å². The maximum absolute atomic E-state index is 13.8. The molecule has 0 radical (unpaired) electrons. The summed E-state index contributed by atoms with van der Waals surface area (Å²) in [5.74, 6) is -1.84. The summed E-state index contributed by atoms with van der Waals surface area (Å²) in [6.07, 6.45) is -12.8. The number of fused-ring (bicyclic) bond motifs is 4. The molecular formula is C30H39NO15. The van der Waals surface area contributed by atoms with Crippen molar-refractivity contribution in [3.63, 3.8) is 0 Å². The third kappa shape index (κ3) is 5.56. The summed E-state index contributed by atoms with van der Waals surface area (Å²) in [6.45, 7) is 2.94. The Bertz CT molecular complexity index is 1340. The van der Waals surface area contributed by atoms with Crippen LogP contribution in [-0.2, 0) is 30.2 Å². The summed E-state index contributed by atoms with van der Waals surface area (Å²) in [5.41, 5.74) is 1.77. The minimum atomic E-state index is -1.70. The summed E-state index contributed by atoms with van der Waals surface area (Å²) in [4.78, 5) is 15.4. The van der Waals surface area contributed by atoms with Crippen LogP contribution in [0.15, 0.2) is 36.6 Å². The quantitative estimate of drug-likeness (QED) is 0.132. The molecule has 14 atom stereocenters. The van der Waals surface area contributed by atoms with Gasteiger partial charge in [0.1, 0.15) is 48.8 Å². The predicted octanol–water partition coefficient (Wildman–Crippen LogP) is -3.12. The van der Waals surface area contributed by atoms with Gasteiger partial charge in [0.05, 0.1) is 31.1 Å². The first-order valence-electron chi connectivity index (χ1n) is 15.1. The van der Waals surface area contributed by atoms with Crippen LogP contribution in [0.2, 0.25) is 0 Å². The summed E-state index contributed by atoms with van der Waals surface area (Å²) in [6, 6.07) is 2.50. The lowest BCUT2D eigenvalue weighted by Crippen LogP contribution is -2.60. The maximum Gasteiger partial charge on any atom is 0.253 e. The molecule has 5 aliphatic rings. The lowest BCUT2D eigenvalue weighted by Gasteiger charge is -2.48. The van der Waals surface area contributed by atoms with Gasteiger partial charge in [-0.05, 0) is 36.1 Å². The fourth-order valence-electron chi connectivity index (χ4n) is 6.93. The van der Waals surface area contributed by atoms with Gasteiger partial charge in [-0.15, -0.1) is 6.58 Å². The summed E-state index contributed by atoms with van der Waals surface area (Å²) in [5, 5.41) is 91.4. The fourth-order valence-corrected chi connectivity index (χ4v) is 6.93. The number of aliphatic hydroxyl groups excluding tert-OH is 8. The average Bonchev–Trinajstić information content (AvgIpc) is 3.05. The zero-order chi connectivity index (χ0) is 33.0. The van der Waals surface area contributed by atoms with Crippen LogP contribution in [0.25, 0.3) is 0 Å². The van der Waals surface area contributed by atoms with E-state index in [1.165, 1.54) is 18.4 Å². The Labute approximate surface area is 262 Å². The van der Waals surface area contributed by atoms with E-state index < -0.39 is 98.8 Å². The van der Waals surface area contributed by atoms with Gasteiger partial charge in [-0.3, -0.25) is 4.79 Å². The maximum atomic E-state index is 13.8. The Morgan fingerprint density at radius 3 is 2.15 bits per heavy atom. The smallest absolute Gasteiger partial charge is 0.253 e. The van der Waals surface area contributed by atoms with Crippen molar-refractivity contribution in [2.24, 2.45) is 11.8 Å². The van der Waals surface area contributed by atoms with Crippen LogP contribution in [0.5, 0.6) is 11.5 Å². The van der Waals surface area contributed by atoms with Crippen molar-refractivity contribution in [2.45, 2.75) is 86.6 Å². The number of phenols is 1. The minimum Gasteiger partial charge on any atom is -0.504 e. The lowest BCUT2D eigenvalue weighted by molar-refractivity contribution is -0.339. The molecule has 0 spiro atoms. The van der Waals surface area contributed by atoms with Gasteiger partial charge < -0.3 is 74.5 Å². The Hall–Kier alpha value is -2.87. The monoisotopic (exact) mass is 653 g/mol. The highest BCUT2D eigenvalue weighted by Gasteiger charge is 2.51. The molecule has 46 heavy (non-hydrogen) atoms. The van der Waals surface area contributed by atoms with Crippen molar-refractivity contribution in [1.29, 1.82) is 0 Å². The van der Waals surface area contributed by atoms with Crippen LogP contribution >= 0.6 is 0 Å². The molecule has 16 heteroatoms. The van der Waals surface area contributed by atoms with Gasteiger partial charge in [0, 0.05) is 18.4 Å². The molecule has 0 aromatic heterocycles. The normalized spacial score (nSPS) is 42.2. The van der Waals surface area contributed by atoms with Crippen molar-refractivity contribution >= 4 is 5.91 Å². The zero-order valence-electron chi connectivity index (χ0n) is 24.6. The number of carbonyl (C=O) groups excluding carboxylic acids is 1. The Morgan fingerprint density at radius 2 is 1.52 bits per heavy atom. The van der Waals surface area contributed by atoms with E-state index in [2.05, 4.69) is 6.58 Å². The van der Waals surface area contributed by atoms with Gasteiger partial charge in [0.15, 0.2) is 17.8 Å². The van der Waals surface area contributed by atoms with Crippen molar-refractivity contribution < 1.29 is 74.4 Å². The largest absolute Gasteiger partial charge is 0.504 e. The third-order valence-corrected chi connectivity index (χ3v) is 9.55. The molecule has 6 rings (SSSR count). The van der Waals surface area contributed by atoms with Crippen LogP contribution in [0.1, 0.15) is 23.6 Å². The van der Waals surface area contributed by atoms with Gasteiger partial charge in [-0.2, -0.15) is 0 Å². The number of hydrogen-bond acceptors (Lipinski definition) is 15. The van der Waals surface area contributed by atoms with Gasteiger partial charge in [0.2, 0.25) is 12.6 Å². The summed E-state index contributed by atoms with van der Waals surface area (Å²) < 4.78 is 28.3. The number of phenolic OH excluding ortho intramolecular Hbond substituents is 1. The average molecular weight is 654 g/mol. The molecule has 5 heterocycles. The second-order valence-electron chi connectivity index (χ2n) is 12.2. The highest BCUT2D eigenvalue weighted by atomic mass is 16.8.